The van der Waals surface area contributed by atoms with E-state index in [9.17, 15) is 0 Å². The van der Waals surface area contributed by atoms with Gasteiger partial charge in [0.25, 0.3) is 0 Å². The van der Waals surface area contributed by atoms with Gasteiger partial charge in [0.2, 0.25) is 0 Å². The number of anilines is 1. The molecule has 2 aromatic rings. The molecular weight excluding hydrogens is 250 g/mol. The van der Waals surface area contributed by atoms with Crippen molar-refractivity contribution in [1.29, 1.82) is 0 Å². The molecule has 1 aromatic carbocycles. The monoisotopic (exact) mass is 271 g/mol. The summed E-state index contributed by atoms with van der Waals surface area (Å²) in [7, 11) is 0. The first-order chi connectivity index (χ1) is 9.78. The van der Waals surface area contributed by atoms with Gasteiger partial charge in [-0.05, 0) is 38.8 Å². The van der Waals surface area contributed by atoms with E-state index in [4.69, 9.17) is 9.72 Å². The van der Waals surface area contributed by atoms with Crippen LogP contribution in [0.5, 0.6) is 0 Å². The van der Waals surface area contributed by atoms with Crippen LogP contribution in [0.4, 0.5) is 5.82 Å². The average molecular weight is 271 g/mol. The fourth-order valence-electron chi connectivity index (χ4n) is 2.88. The summed E-state index contributed by atoms with van der Waals surface area (Å²) in [4.78, 5) is 11.8. The second kappa shape index (κ2) is 5.75. The number of para-hydroxylation sites is 2. The Bertz CT molecular complexity index is 597. The maximum Gasteiger partial charge on any atom is 0.150 e. The molecule has 4 heteroatoms. The number of rotatable bonds is 3. The zero-order valence-corrected chi connectivity index (χ0v) is 12.2. The van der Waals surface area contributed by atoms with Gasteiger partial charge >= 0.3 is 0 Å². The summed E-state index contributed by atoms with van der Waals surface area (Å²) in [5.74, 6) is 1.01. The quantitative estimate of drug-likeness (QED) is 0.860. The van der Waals surface area contributed by atoms with Crippen LogP contribution in [0.25, 0.3) is 11.0 Å². The summed E-state index contributed by atoms with van der Waals surface area (Å²) in [6.07, 6.45) is 2.62. The molecule has 2 heterocycles. The Morgan fingerprint density at radius 2 is 2.00 bits per heavy atom. The molecule has 1 aliphatic heterocycles. The van der Waals surface area contributed by atoms with Crippen molar-refractivity contribution in [2.24, 2.45) is 0 Å². The van der Waals surface area contributed by atoms with Gasteiger partial charge in [0.1, 0.15) is 0 Å². The minimum Gasteiger partial charge on any atom is -0.377 e. The van der Waals surface area contributed by atoms with Crippen molar-refractivity contribution in [2.75, 3.05) is 24.6 Å². The highest BCUT2D eigenvalue weighted by Gasteiger charge is 2.22. The second-order valence-corrected chi connectivity index (χ2v) is 5.29. The maximum absolute atomic E-state index is 5.77. The highest BCUT2D eigenvalue weighted by molar-refractivity contribution is 5.76. The lowest BCUT2D eigenvalue weighted by atomic mass is 10.1. The molecule has 0 aliphatic carbocycles. The van der Waals surface area contributed by atoms with Gasteiger partial charge in [0.05, 0.1) is 22.8 Å². The third kappa shape index (κ3) is 2.61. The van der Waals surface area contributed by atoms with E-state index in [1.165, 1.54) is 0 Å². The van der Waals surface area contributed by atoms with E-state index in [0.29, 0.717) is 6.10 Å². The fraction of sp³-hybridized carbons (Fsp3) is 0.500. The molecule has 1 aliphatic rings. The van der Waals surface area contributed by atoms with Crippen molar-refractivity contribution >= 4 is 16.9 Å². The molecule has 0 amide bonds. The minimum absolute atomic E-state index is 0.321. The van der Waals surface area contributed by atoms with Crippen molar-refractivity contribution in [2.45, 2.75) is 32.8 Å². The Morgan fingerprint density at radius 3 is 2.75 bits per heavy atom. The number of benzene rings is 1. The first kappa shape index (κ1) is 13.3. The first-order valence-electron chi connectivity index (χ1n) is 7.38. The van der Waals surface area contributed by atoms with E-state index < -0.39 is 0 Å². The van der Waals surface area contributed by atoms with E-state index in [1.54, 1.807) is 0 Å². The number of aryl methyl sites for hydroxylation is 1. The van der Waals surface area contributed by atoms with Crippen LogP contribution in [0, 0.1) is 6.92 Å². The van der Waals surface area contributed by atoms with E-state index in [0.717, 1.165) is 55.1 Å². The largest absolute Gasteiger partial charge is 0.377 e. The van der Waals surface area contributed by atoms with E-state index in [1.807, 2.05) is 31.2 Å². The van der Waals surface area contributed by atoms with Gasteiger partial charge in [-0.3, -0.25) is 0 Å². The summed E-state index contributed by atoms with van der Waals surface area (Å²) < 4.78 is 5.77. The van der Waals surface area contributed by atoms with Crippen LogP contribution in [0.1, 0.15) is 25.5 Å². The van der Waals surface area contributed by atoms with E-state index >= 15 is 0 Å². The summed E-state index contributed by atoms with van der Waals surface area (Å²) in [6.45, 7) is 6.83. The zero-order chi connectivity index (χ0) is 13.9. The molecule has 1 unspecified atom stereocenters. The molecule has 20 heavy (non-hydrogen) atoms. The van der Waals surface area contributed by atoms with E-state index in [-0.39, 0.29) is 0 Å². The van der Waals surface area contributed by atoms with Gasteiger partial charge < -0.3 is 9.64 Å². The molecule has 4 nitrogen and oxygen atoms in total. The van der Waals surface area contributed by atoms with Gasteiger partial charge in [-0.2, -0.15) is 0 Å². The molecule has 1 atom stereocenters. The van der Waals surface area contributed by atoms with Crippen molar-refractivity contribution in [3.05, 3.63) is 30.0 Å². The normalized spacial score (nSPS) is 19.5. The summed E-state index contributed by atoms with van der Waals surface area (Å²) in [6, 6.07) is 8.05. The Labute approximate surface area is 119 Å². The number of nitrogens with zero attached hydrogens (tertiary/aromatic N) is 3. The fourth-order valence-corrected chi connectivity index (χ4v) is 2.88. The van der Waals surface area contributed by atoms with Crippen LogP contribution in [0.2, 0.25) is 0 Å². The number of hydrogen-bond donors (Lipinski definition) is 0. The van der Waals surface area contributed by atoms with Crippen LogP contribution < -0.4 is 4.90 Å². The van der Waals surface area contributed by atoms with E-state index in [2.05, 4.69) is 16.8 Å². The minimum atomic E-state index is 0.321. The van der Waals surface area contributed by atoms with Crippen molar-refractivity contribution in [1.82, 2.24) is 9.97 Å². The van der Waals surface area contributed by atoms with Crippen molar-refractivity contribution in [3.63, 3.8) is 0 Å². The molecule has 0 radical (unpaired) electrons. The Hall–Kier alpha value is -1.68. The Kier molecular flexibility index (Phi) is 3.83. The van der Waals surface area contributed by atoms with Crippen LogP contribution >= 0.6 is 0 Å². The molecule has 0 spiro atoms. The maximum atomic E-state index is 5.77. The van der Waals surface area contributed by atoms with Gasteiger partial charge in [-0.1, -0.05) is 12.1 Å². The number of hydrogen-bond acceptors (Lipinski definition) is 4. The Balaban J connectivity index is 1.90. The zero-order valence-electron chi connectivity index (χ0n) is 12.2. The molecule has 0 bridgehead atoms. The van der Waals surface area contributed by atoms with Crippen LogP contribution in [-0.4, -0.2) is 35.8 Å². The predicted octanol–water partition coefficient (Wildman–Crippen LogP) is 2.94. The molecule has 106 valence electrons. The smallest absolute Gasteiger partial charge is 0.150 e. The number of ether oxygens (including phenoxy) is 1. The van der Waals surface area contributed by atoms with Crippen molar-refractivity contribution < 1.29 is 4.74 Å². The van der Waals surface area contributed by atoms with Gasteiger partial charge in [0.15, 0.2) is 5.82 Å². The molecule has 1 saturated heterocycles. The standard InChI is InChI=1S/C16H21N3O/c1-3-20-13-7-6-10-19(11-13)16-12(2)17-14-8-4-5-9-15(14)18-16/h4-5,8-9,13H,3,6-7,10-11H2,1-2H3. The lowest BCUT2D eigenvalue weighted by molar-refractivity contribution is 0.0525. The van der Waals surface area contributed by atoms with Crippen LogP contribution in [0.3, 0.4) is 0 Å². The SMILES string of the molecule is CCOC1CCCN(c2nc3ccccc3nc2C)C1. The number of fused-ring (bicyclic) bond motifs is 1. The molecule has 3 rings (SSSR count). The molecule has 1 aromatic heterocycles. The lowest BCUT2D eigenvalue weighted by Gasteiger charge is -2.33. The Morgan fingerprint density at radius 1 is 1.25 bits per heavy atom. The highest BCUT2D eigenvalue weighted by Crippen LogP contribution is 2.24. The summed E-state index contributed by atoms with van der Waals surface area (Å²) >= 11 is 0. The van der Waals surface area contributed by atoms with Crippen LogP contribution in [-0.2, 0) is 4.74 Å². The lowest BCUT2D eigenvalue weighted by Crippen LogP contribution is -2.40. The van der Waals surface area contributed by atoms with Crippen LogP contribution in [0.15, 0.2) is 24.3 Å². The average Bonchev–Trinajstić information content (AvgIpc) is 2.47. The van der Waals surface area contributed by atoms with Gasteiger partial charge in [0, 0.05) is 19.7 Å². The topological polar surface area (TPSA) is 38.2 Å². The number of piperidine rings is 1. The summed E-state index contributed by atoms with van der Waals surface area (Å²) in [5.41, 5.74) is 2.93. The molecule has 0 saturated carbocycles. The van der Waals surface area contributed by atoms with Gasteiger partial charge in [-0.25, -0.2) is 9.97 Å². The second-order valence-electron chi connectivity index (χ2n) is 5.29. The van der Waals surface area contributed by atoms with Crippen molar-refractivity contribution in [3.8, 4) is 0 Å². The summed E-state index contributed by atoms with van der Waals surface area (Å²) in [5, 5.41) is 0. The van der Waals surface area contributed by atoms with Gasteiger partial charge in [-0.15, -0.1) is 0 Å². The molecule has 0 N–H and O–H groups in total. The number of aromatic nitrogens is 2. The third-order valence-corrected chi connectivity index (χ3v) is 3.80. The molecular formula is C16H21N3O. The first-order valence-corrected chi connectivity index (χ1v) is 7.38. The molecule has 1 fully saturated rings. The third-order valence-electron chi connectivity index (χ3n) is 3.80. The highest BCUT2D eigenvalue weighted by atomic mass is 16.5. The predicted molar refractivity (Wildman–Crippen MR) is 81.1 cm³/mol.